The Morgan fingerprint density at radius 1 is 1.50 bits per heavy atom. The third-order valence-electron chi connectivity index (χ3n) is 2.93. The van der Waals surface area contributed by atoms with E-state index in [4.69, 9.17) is 0 Å². The molecule has 1 unspecified atom stereocenters. The lowest BCUT2D eigenvalue weighted by atomic mass is 10.2. The Hall–Kier alpha value is -1.20. The van der Waals surface area contributed by atoms with Crippen molar-refractivity contribution >= 4 is 11.3 Å². The summed E-state index contributed by atoms with van der Waals surface area (Å²) in [5.41, 5.74) is 2.45. The lowest BCUT2D eigenvalue weighted by molar-refractivity contribution is 0.569. The number of aryl methyl sites for hydroxylation is 3. The Kier molecular flexibility index (Phi) is 4.14. The second-order valence-electron chi connectivity index (χ2n) is 4.54. The highest BCUT2D eigenvalue weighted by Crippen LogP contribution is 2.19. The first-order valence-electron chi connectivity index (χ1n) is 6.27. The number of thiazole rings is 1. The summed E-state index contributed by atoms with van der Waals surface area (Å²) >= 11 is 1.75. The van der Waals surface area contributed by atoms with Gasteiger partial charge in [0.1, 0.15) is 5.01 Å². The van der Waals surface area contributed by atoms with Crippen molar-refractivity contribution in [1.29, 1.82) is 0 Å². The van der Waals surface area contributed by atoms with Gasteiger partial charge in [-0.3, -0.25) is 4.68 Å². The molecule has 0 spiro atoms. The molecule has 0 aromatic carbocycles. The molecule has 0 amide bonds. The Labute approximate surface area is 112 Å². The molecule has 2 rings (SSSR count). The number of nitrogens with one attached hydrogen (secondary N) is 1. The summed E-state index contributed by atoms with van der Waals surface area (Å²) in [5.74, 6) is 0. The molecule has 0 saturated heterocycles. The molecule has 18 heavy (non-hydrogen) atoms. The van der Waals surface area contributed by atoms with Crippen LogP contribution in [-0.4, -0.2) is 14.8 Å². The minimum absolute atomic E-state index is 0.286. The molecule has 2 heterocycles. The summed E-state index contributed by atoms with van der Waals surface area (Å²) in [4.78, 5) is 5.67. The predicted octanol–water partition coefficient (Wildman–Crippen LogP) is 2.60. The Morgan fingerprint density at radius 3 is 2.89 bits per heavy atom. The molecule has 0 aliphatic heterocycles. The molecule has 0 aliphatic rings. The first-order valence-corrected chi connectivity index (χ1v) is 7.09. The van der Waals surface area contributed by atoms with Gasteiger partial charge in [-0.15, -0.1) is 11.3 Å². The van der Waals surface area contributed by atoms with Crippen LogP contribution in [0.1, 0.15) is 41.0 Å². The van der Waals surface area contributed by atoms with Gasteiger partial charge in [-0.05, 0) is 20.3 Å². The maximum Gasteiger partial charge on any atom is 0.109 e. The summed E-state index contributed by atoms with van der Waals surface area (Å²) in [6, 6.07) is 0.286. The fraction of sp³-hybridized carbons (Fsp3) is 0.538. The zero-order chi connectivity index (χ0) is 13.1. The molecular formula is C13H20N4S. The van der Waals surface area contributed by atoms with E-state index in [9.17, 15) is 0 Å². The molecule has 2 aromatic heterocycles. The van der Waals surface area contributed by atoms with Gasteiger partial charge in [0.15, 0.2) is 0 Å². The van der Waals surface area contributed by atoms with E-state index in [2.05, 4.69) is 42.4 Å². The zero-order valence-electron chi connectivity index (χ0n) is 11.4. The van der Waals surface area contributed by atoms with Crippen LogP contribution in [0, 0.1) is 6.92 Å². The van der Waals surface area contributed by atoms with Crippen LogP contribution in [0.4, 0.5) is 0 Å². The third-order valence-corrected chi connectivity index (χ3v) is 4.03. The molecule has 98 valence electrons. The Bertz CT molecular complexity index is 515. The van der Waals surface area contributed by atoms with E-state index in [1.165, 1.54) is 16.1 Å². The molecule has 0 saturated carbocycles. The zero-order valence-corrected chi connectivity index (χ0v) is 12.2. The molecule has 1 N–H and O–H groups in total. The highest BCUT2D eigenvalue weighted by Gasteiger charge is 2.11. The summed E-state index contributed by atoms with van der Waals surface area (Å²) in [6.45, 7) is 7.22. The van der Waals surface area contributed by atoms with Gasteiger partial charge in [0.2, 0.25) is 0 Å². The standard InChI is InChI=1S/C13H20N4S/c1-5-12-11(8-17(4)16-12)7-14-10(3)13-15-6-9(2)18-13/h6,8,10,14H,5,7H2,1-4H3. The molecule has 0 fully saturated rings. The maximum atomic E-state index is 4.45. The van der Waals surface area contributed by atoms with Crippen LogP contribution in [0.15, 0.2) is 12.4 Å². The molecule has 2 aromatic rings. The second kappa shape index (κ2) is 5.63. The number of nitrogens with zero attached hydrogens (tertiary/aromatic N) is 3. The van der Waals surface area contributed by atoms with Crippen molar-refractivity contribution in [3.63, 3.8) is 0 Å². The SMILES string of the molecule is CCc1nn(C)cc1CNC(C)c1ncc(C)s1. The van der Waals surface area contributed by atoms with Crippen LogP contribution in [0.2, 0.25) is 0 Å². The van der Waals surface area contributed by atoms with E-state index in [1.54, 1.807) is 11.3 Å². The van der Waals surface area contributed by atoms with E-state index in [0.29, 0.717) is 0 Å². The van der Waals surface area contributed by atoms with E-state index < -0.39 is 0 Å². The second-order valence-corrected chi connectivity index (χ2v) is 5.81. The monoisotopic (exact) mass is 264 g/mol. The molecule has 0 radical (unpaired) electrons. The Balaban J connectivity index is 1.98. The van der Waals surface area contributed by atoms with Gasteiger partial charge in [-0.25, -0.2) is 4.98 Å². The van der Waals surface area contributed by atoms with Crippen LogP contribution in [0.3, 0.4) is 0 Å². The van der Waals surface area contributed by atoms with Gasteiger partial charge < -0.3 is 5.32 Å². The van der Waals surface area contributed by atoms with Gasteiger partial charge >= 0.3 is 0 Å². The molecular weight excluding hydrogens is 244 g/mol. The predicted molar refractivity (Wildman–Crippen MR) is 74.7 cm³/mol. The van der Waals surface area contributed by atoms with Crippen LogP contribution >= 0.6 is 11.3 Å². The molecule has 1 atom stereocenters. The highest BCUT2D eigenvalue weighted by atomic mass is 32.1. The van der Waals surface area contributed by atoms with Crippen LogP contribution < -0.4 is 5.32 Å². The van der Waals surface area contributed by atoms with Crippen LogP contribution in [0.25, 0.3) is 0 Å². The molecule has 0 bridgehead atoms. The number of aromatic nitrogens is 3. The first-order chi connectivity index (χ1) is 8.60. The van der Waals surface area contributed by atoms with Crippen molar-refractivity contribution in [3.8, 4) is 0 Å². The fourth-order valence-corrected chi connectivity index (χ4v) is 2.75. The van der Waals surface area contributed by atoms with Gasteiger partial charge in [0, 0.05) is 36.4 Å². The average Bonchev–Trinajstić information content (AvgIpc) is 2.92. The lowest BCUT2D eigenvalue weighted by Crippen LogP contribution is -2.18. The van der Waals surface area contributed by atoms with Gasteiger partial charge in [-0.2, -0.15) is 5.10 Å². The van der Waals surface area contributed by atoms with Crippen molar-refractivity contribution in [2.24, 2.45) is 7.05 Å². The van der Waals surface area contributed by atoms with Crippen LogP contribution in [-0.2, 0) is 20.0 Å². The summed E-state index contributed by atoms with van der Waals surface area (Å²) in [6.07, 6.45) is 4.99. The summed E-state index contributed by atoms with van der Waals surface area (Å²) in [7, 11) is 1.97. The van der Waals surface area contributed by atoms with Crippen molar-refractivity contribution in [2.75, 3.05) is 0 Å². The minimum atomic E-state index is 0.286. The van der Waals surface area contributed by atoms with E-state index in [0.717, 1.165) is 18.0 Å². The lowest BCUT2D eigenvalue weighted by Gasteiger charge is -2.10. The van der Waals surface area contributed by atoms with E-state index in [-0.39, 0.29) is 6.04 Å². The smallest absolute Gasteiger partial charge is 0.109 e. The first kappa shape index (κ1) is 13.2. The average molecular weight is 264 g/mol. The van der Waals surface area contributed by atoms with Crippen molar-refractivity contribution in [2.45, 2.75) is 39.8 Å². The topological polar surface area (TPSA) is 42.7 Å². The molecule has 0 aliphatic carbocycles. The number of rotatable bonds is 5. The van der Waals surface area contributed by atoms with Gasteiger partial charge in [0.05, 0.1) is 11.7 Å². The summed E-state index contributed by atoms with van der Waals surface area (Å²) < 4.78 is 1.88. The quantitative estimate of drug-likeness (QED) is 0.902. The largest absolute Gasteiger partial charge is 0.304 e. The highest BCUT2D eigenvalue weighted by molar-refractivity contribution is 7.11. The van der Waals surface area contributed by atoms with Crippen molar-refractivity contribution in [3.05, 3.63) is 33.5 Å². The number of hydrogen-bond acceptors (Lipinski definition) is 4. The van der Waals surface area contributed by atoms with E-state index >= 15 is 0 Å². The van der Waals surface area contributed by atoms with Crippen molar-refractivity contribution < 1.29 is 0 Å². The molecule has 4 nitrogen and oxygen atoms in total. The third kappa shape index (κ3) is 2.97. The summed E-state index contributed by atoms with van der Waals surface area (Å²) in [5, 5.41) is 9.11. The maximum absolute atomic E-state index is 4.45. The van der Waals surface area contributed by atoms with Gasteiger partial charge in [-0.1, -0.05) is 6.92 Å². The molecule has 5 heteroatoms. The number of hydrogen-bond donors (Lipinski definition) is 1. The minimum Gasteiger partial charge on any atom is -0.304 e. The Morgan fingerprint density at radius 2 is 2.28 bits per heavy atom. The van der Waals surface area contributed by atoms with Crippen LogP contribution in [0.5, 0.6) is 0 Å². The van der Waals surface area contributed by atoms with Gasteiger partial charge in [0.25, 0.3) is 0 Å². The van der Waals surface area contributed by atoms with E-state index in [1.807, 2.05) is 17.9 Å². The van der Waals surface area contributed by atoms with Crippen molar-refractivity contribution in [1.82, 2.24) is 20.1 Å². The fourth-order valence-electron chi connectivity index (χ4n) is 1.95. The normalized spacial score (nSPS) is 12.9.